The van der Waals surface area contributed by atoms with Gasteiger partial charge in [0.2, 0.25) is 9.84 Å². The van der Waals surface area contributed by atoms with Gasteiger partial charge in [-0.1, -0.05) is 66.2 Å². The van der Waals surface area contributed by atoms with Crippen LogP contribution in [0.4, 0.5) is 0 Å². The maximum absolute atomic E-state index is 12.9. The quantitative estimate of drug-likeness (QED) is 0.264. The van der Waals surface area contributed by atoms with E-state index in [1.54, 1.807) is 48.6 Å². The number of sulfone groups is 1. The molecule has 2 aromatic rings. The van der Waals surface area contributed by atoms with Crippen LogP contribution in [0.3, 0.4) is 0 Å². The van der Waals surface area contributed by atoms with Crippen LogP contribution in [0.15, 0.2) is 133 Å². The first-order valence-electron chi connectivity index (χ1n) is 10.7. The largest absolute Gasteiger partial charge is 0.457 e. The van der Waals surface area contributed by atoms with Gasteiger partial charge in [0.15, 0.2) is 0 Å². The van der Waals surface area contributed by atoms with Crippen molar-refractivity contribution in [2.45, 2.75) is 37.5 Å². The fourth-order valence-corrected chi connectivity index (χ4v) is 3.56. The summed E-state index contributed by atoms with van der Waals surface area (Å²) in [7, 11) is -3.67. The molecule has 0 heterocycles. The van der Waals surface area contributed by atoms with Gasteiger partial charge in [0.25, 0.3) is 0 Å². The molecule has 0 unspecified atom stereocenters. The lowest BCUT2D eigenvalue weighted by molar-refractivity contribution is 0.444. The number of hydrogen-bond acceptors (Lipinski definition) is 4. The first-order chi connectivity index (χ1) is 15.9. The van der Waals surface area contributed by atoms with Crippen LogP contribution in [0.25, 0.3) is 0 Å². The molecule has 0 bridgehead atoms. The first-order valence-corrected chi connectivity index (χ1v) is 12.1. The van der Waals surface area contributed by atoms with E-state index >= 15 is 0 Å². The molecule has 0 spiro atoms. The van der Waals surface area contributed by atoms with E-state index in [1.807, 2.05) is 27.7 Å². The zero-order valence-electron chi connectivity index (χ0n) is 20.0. The molecule has 0 saturated carbocycles. The number of ether oxygens (including phenoxy) is 2. The standard InChI is InChI=1S/C24H22O4S.2C2H6/c1-5-9-19(7-3)27-21-11-15-23(16-12-21)29(25,26)24-17-13-22(14-18-24)28-20(8-4)10-6-2;2*1-2/h5-18H,1-4H2;2*1-2H3/b19-9+,20-10+;;. The Hall–Kier alpha value is -3.57. The molecule has 0 fully saturated rings. The van der Waals surface area contributed by atoms with E-state index in [9.17, 15) is 8.42 Å². The molecule has 0 aliphatic rings. The van der Waals surface area contributed by atoms with Crippen molar-refractivity contribution in [2.24, 2.45) is 0 Å². The lowest BCUT2D eigenvalue weighted by atomic mass is 10.3. The normalized spacial score (nSPS) is 10.9. The maximum atomic E-state index is 12.9. The second-order valence-electron chi connectivity index (χ2n) is 5.67. The van der Waals surface area contributed by atoms with Crippen LogP contribution in [-0.4, -0.2) is 8.42 Å². The van der Waals surface area contributed by atoms with Gasteiger partial charge in [0.1, 0.15) is 23.0 Å². The van der Waals surface area contributed by atoms with Gasteiger partial charge in [-0.15, -0.1) is 0 Å². The number of benzene rings is 2. The number of rotatable bonds is 10. The van der Waals surface area contributed by atoms with Crippen LogP contribution < -0.4 is 9.47 Å². The van der Waals surface area contributed by atoms with Gasteiger partial charge in [0.05, 0.1) is 9.79 Å². The molecular weight excluding hydrogens is 432 g/mol. The van der Waals surface area contributed by atoms with E-state index in [1.165, 1.54) is 36.4 Å². The SMILES string of the molecule is C=C/C=C(\C=C)Oc1ccc(S(=O)(=O)c2ccc(O/C(C=C)=C/C=C)cc2)cc1.CC.CC. The average molecular weight is 467 g/mol. The highest BCUT2D eigenvalue weighted by Gasteiger charge is 2.18. The molecule has 0 aromatic heterocycles. The molecule has 0 radical (unpaired) electrons. The van der Waals surface area contributed by atoms with Crippen LogP contribution >= 0.6 is 0 Å². The van der Waals surface area contributed by atoms with E-state index in [-0.39, 0.29) is 9.79 Å². The van der Waals surface area contributed by atoms with Crippen LogP contribution in [0, 0.1) is 0 Å². The van der Waals surface area contributed by atoms with Crippen LogP contribution in [0.1, 0.15) is 27.7 Å². The summed E-state index contributed by atoms with van der Waals surface area (Å²) in [5.74, 6) is 2.00. The lowest BCUT2D eigenvalue weighted by Gasteiger charge is -2.09. The number of hydrogen-bond donors (Lipinski definition) is 0. The van der Waals surface area contributed by atoms with E-state index in [4.69, 9.17) is 9.47 Å². The van der Waals surface area contributed by atoms with Crippen molar-refractivity contribution in [1.29, 1.82) is 0 Å². The molecule has 33 heavy (non-hydrogen) atoms. The Labute approximate surface area is 199 Å². The van der Waals surface area contributed by atoms with E-state index < -0.39 is 9.84 Å². The van der Waals surface area contributed by atoms with E-state index in [2.05, 4.69) is 26.3 Å². The third kappa shape index (κ3) is 9.21. The predicted octanol–water partition coefficient (Wildman–Crippen LogP) is 7.84. The molecule has 0 aliphatic carbocycles. The third-order valence-electron chi connectivity index (χ3n) is 3.71. The molecule has 4 nitrogen and oxygen atoms in total. The summed E-state index contributed by atoms with van der Waals surface area (Å²) in [6.07, 6.45) is 9.55. The summed E-state index contributed by atoms with van der Waals surface area (Å²) in [4.78, 5) is 0.314. The highest BCUT2D eigenvalue weighted by atomic mass is 32.2. The molecule has 2 rings (SSSR count). The summed E-state index contributed by atoms with van der Waals surface area (Å²) in [6.45, 7) is 22.5. The monoisotopic (exact) mass is 466 g/mol. The minimum absolute atomic E-state index is 0.157. The van der Waals surface area contributed by atoms with Gasteiger partial charge >= 0.3 is 0 Å². The van der Waals surface area contributed by atoms with Gasteiger partial charge in [-0.25, -0.2) is 8.42 Å². The molecular formula is C28H34O4S. The van der Waals surface area contributed by atoms with Gasteiger partial charge in [-0.2, -0.15) is 0 Å². The summed E-state index contributed by atoms with van der Waals surface area (Å²) < 4.78 is 36.9. The zero-order valence-corrected chi connectivity index (χ0v) is 20.8. The fourth-order valence-electron chi connectivity index (χ4n) is 2.30. The minimum Gasteiger partial charge on any atom is -0.457 e. The minimum atomic E-state index is -3.67. The highest BCUT2D eigenvalue weighted by Crippen LogP contribution is 2.26. The van der Waals surface area contributed by atoms with Crippen LogP contribution in [-0.2, 0) is 9.84 Å². The topological polar surface area (TPSA) is 52.6 Å². The van der Waals surface area contributed by atoms with Crippen molar-refractivity contribution >= 4 is 9.84 Å². The second kappa shape index (κ2) is 16.1. The molecule has 0 N–H and O–H groups in total. The summed E-state index contributed by atoms with van der Waals surface area (Å²) in [5.41, 5.74) is 0. The van der Waals surface area contributed by atoms with Gasteiger partial charge < -0.3 is 9.47 Å². The van der Waals surface area contributed by atoms with Crippen molar-refractivity contribution in [1.82, 2.24) is 0 Å². The van der Waals surface area contributed by atoms with Crippen molar-refractivity contribution in [2.75, 3.05) is 0 Å². The molecule has 0 atom stereocenters. The maximum Gasteiger partial charge on any atom is 0.206 e. The summed E-state index contributed by atoms with van der Waals surface area (Å²) >= 11 is 0. The smallest absolute Gasteiger partial charge is 0.206 e. The van der Waals surface area contributed by atoms with Crippen LogP contribution in [0.2, 0.25) is 0 Å². The van der Waals surface area contributed by atoms with Crippen LogP contribution in [0.5, 0.6) is 11.5 Å². The second-order valence-corrected chi connectivity index (χ2v) is 7.62. The Bertz CT molecular complexity index is 974. The predicted molar refractivity (Wildman–Crippen MR) is 139 cm³/mol. The zero-order chi connectivity index (χ0) is 25.3. The Morgan fingerprint density at radius 3 is 1.18 bits per heavy atom. The third-order valence-corrected chi connectivity index (χ3v) is 5.49. The van der Waals surface area contributed by atoms with Gasteiger partial charge in [-0.3, -0.25) is 0 Å². The summed E-state index contributed by atoms with van der Waals surface area (Å²) in [6, 6.07) is 12.3. The molecule has 176 valence electrons. The fraction of sp³-hybridized carbons (Fsp3) is 0.143. The molecule has 0 aliphatic heterocycles. The molecule has 0 amide bonds. The highest BCUT2D eigenvalue weighted by molar-refractivity contribution is 7.91. The Morgan fingerprint density at radius 2 is 0.939 bits per heavy atom. The average Bonchev–Trinajstić information content (AvgIpc) is 2.86. The first kappa shape index (κ1) is 29.4. The van der Waals surface area contributed by atoms with Crippen molar-refractivity contribution in [3.05, 3.63) is 123 Å². The van der Waals surface area contributed by atoms with Gasteiger partial charge in [0, 0.05) is 0 Å². The van der Waals surface area contributed by atoms with E-state index in [0.29, 0.717) is 23.0 Å². The lowest BCUT2D eigenvalue weighted by Crippen LogP contribution is -2.02. The van der Waals surface area contributed by atoms with Crippen molar-refractivity contribution < 1.29 is 17.9 Å². The Balaban J connectivity index is 0.00000242. The van der Waals surface area contributed by atoms with Crippen molar-refractivity contribution in [3.8, 4) is 11.5 Å². The Morgan fingerprint density at radius 1 is 0.636 bits per heavy atom. The van der Waals surface area contributed by atoms with Gasteiger partial charge in [-0.05, 0) is 72.8 Å². The molecule has 0 saturated heterocycles. The number of allylic oxidation sites excluding steroid dienone is 6. The van der Waals surface area contributed by atoms with E-state index in [0.717, 1.165) is 0 Å². The summed E-state index contributed by atoms with van der Waals surface area (Å²) in [5, 5.41) is 0. The Kier molecular flexibility index (Phi) is 14.4. The molecule has 5 heteroatoms. The molecule has 2 aromatic carbocycles. The van der Waals surface area contributed by atoms with Crippen molar-refractivity contribution in [3.63, 3.8) is 0 Å².